The third-order valence-corrected chi connectivity index (χ3v) is 3.52. The zero-order chi connectivity index (χ0) is 12.2. The molecule has 0 spiro atoms. The van der Waals surface area contributed by atoms with E-state index in [9.17, 15) is 9.90 Å². The van der Waals surface area contributed by atoms with Gasteiger partial charge in [0.25, 0.3) is 0 Å². The van der Waals surface area contributed by atoms with Crippen molar-refractivity contribution in [2.75, 3.05) is 26.2 Å². The summed E-state index contributed by atoms with van der Waals surface area (Å²) in [4.78, 5) is 13.8. The topological polar surface area (TPSA) is 52.6 Å². The van der Waals surface area contributed by atoms with Crippen LogP contribution in [0.2, 0.25) is 0 Å². The summed E-state index contributed by atoms with van der Waals surface area (Å²) in [5, 5.41) is 12.7. The molecule has 0 radical (unpaired) electrons. The second-order valence-electron chi connectivity index (χ2n) is 4.54. The van der Waals surface area contributed by atoms with Gasteiger partial charge in [-0.15, -0.1) is 0 Å². The number of hydrogen-bond donors (Lipinski definition) is 2. The molecular formula is C12H24N2O2. The van der Waals surface area contributed by atoms with Crippen LogP contribution in [0.4, 0.5) is 0 Å². The molecule has 94 valence electrons. The van der Waals surface area contributed by atoms with Gasteiger partial charge in [0.1, 0.15) is 5.54 Å². The fourth-order valence-corrected chi connectivity index (χ4v) is 2.34. The molecule has 4 heteroatoms. The van der Waals surface area contributed by atoms with Crippen LogP contribution >= 0.6 is 0 Å². The molecular weight excluding hydrogens is 204 g/mol. The molecule has 0 amide bonds. The van der Waals surface area contributed by atoms with Crippen LogP contribution in [0.5, 0.6) is 0 Å². The maximum absolute atomic E-state index is 11.6. The monoisotopic (exact) mass is 228 g/mol. The van der Waals surface area contributed by atoms with Crippen LogP contribution in [-0.4, -0.2) is 47.7 Å². The Labute approximate surface area is 98.0 Å². The van der Waals surface area contributed by atoms with Gasteiger partial charge in [0.2, 0.25) is 0 Å². The Hall–Kier alpha value is -0.610. The first-order valence-corrected chi connectivity index (χ1v) is 6.31. The summed E-state index contributed by atoms with van der Waals surface area (Å²) < 4.78 is 0. The molecule has 1 saturated carbocycles. The van der Waals surface area contributed by atoms with Gasteiger partial charge >= 0.3 is 5.97 Å². The van der Waals surface area contributed by atoms with E-state index in [1.165, 1.54) is 0 Å². The number of carboxylic acids is 1. The lowest BCUT2D eigenvalue weighted by Gasteiger charge is -2.35. The first kappa shape index (κ1) is 13.5. The van der Waals surface area contributed by atoms with E-state index < -0.39 is 11.5 Å². The second kappa shape index (κ2) is 5.64. The first-order valence-electron chi connectivity index (χ1n) is 6.31. The van der Waals surface area contributed by atoms with Gasteiger partial charge < -0.3 is 15.3 Å². The summed E-state index contributed by atoms with van der Waals surface area (Å²) in [6.45, 7) is 9.28. The number of hydrogen-bond acceptors (Lipinski definition) is 3. The van der Waals surface area contributed by atoms with Gasteiger partial charge in [0.15, 0.2) is 0 Å². The van der Waals surface area contributed by atoms with E-state index >= 15 is 0 Å². The Bertz CT molecular complexity index is 237. The molecule has 1 unspecified atom stereocenters. The highest BCUT2D eigenvalue weighted by Gasteiger charge is 2.51. The number of likely N-dealkylation sites (N-methyl/N-ethyl adjacent to an activating group) is 2. The van der Waals surface area contributed by atoms with E-state index in [2.05, 4.69) is 24.1 Å². The second-order valence-corrected chi connectivity index (χ2v) is 4.54. The molecule has 0 saturated heterocycles. The Balaban J connectivity index is 2.78. The van der Waals surface area contributed by atoms with E-state index in [1.807, 2.05) is 6.92 Å². The van der Waals surface area contributed by atoms with Crippen molar-refractivity contribution in [3.05, 3.63) is 0 Å². The van der Waals surface area contributed by atoms with Crippen molar-refractivity contribution in [2.24, 2.45) is 5.92 Å². The maximum atomic E-state index is 11.6. The van der Waals surface area contributed by atoms with Gasteiger partial charge in [0.05, 0.1) is 0 Å². The Kier molecular flexibility index (Phi) is 4.74. The highest BCUT2D eigenvalue weighted by atomic mass is 16.4. The lowest BCUT2D eigenvalue weighted by molar-refractivity contribution is -0.147. The SMILES string of the molecule is CCNC(CN(CC)CC)(C(=O)O)C1CC1. The molecule has 0 bridgehead atoms. The number of carboxylic acid groups (broad SMARTS) is 1. The van der Waals surface area contributed by atoms with Crippen molar-refractivity contribution in [1.82, 2.24) is 10.2 Å². The highest BCUT2D eigenvalue weighted by Crippen LogP contribution is 2.40. The van der Waals surface area contributed by atoms with Gasteiger partial charge in [-0.2, -0.15) is 0 Å². The predicted octanol–water partition coefficient (Wildman–Crippen LogP) is 1.17. The average Bonchev–Trinajstić information content (AvgIpc) is 3.08. The zero-order valence-corrected chi connectivity index (χ0v) is 10.6. The number of aliphatic carboxylic acids is 1. The lowest BCUT2D eigenvalue weighted by atomic mass is 9.92. The highest BCUT2D eigenvalue weighted by molar-refractivity contribution is 5.80. The molecule has 0 aromatic carbocycles. The summed E-state index contributed by atoms with van der Waals surface area (Å²) in [6, 6.07) is 0. The summed E-state index contributed by atoms with van der Waals surface area (Å²) in [5.41, 5.74) is -0.721. The zero-order valence-electron chi connectivity index (χ0n) is 10.6. The molecule has 1 aliphatic carbocycles. The number of nitrogens with zero attached hydrogens (tertiary/aromatic N) is 1. The molecule has 2 N–H and O–H groups in total. The lowest BCUT2D eigenvalue weighted by Crippen LogP contribution is -2.60. The van der Waals surface area contributed by atoms with E-state index in [1.54, 1.807) is 0 Å². The van der Waals surface area contributed by atoms with Gasteiger partial charge in [-0.05, 0) is 38.4 Å². The summed E-state index contributed by atoms with van der Waals surface area (Å²) in [5.74, 6) is -0.380. The van der Waals surface area contributed by atoms with Crippen molar-refractivity contribution in [2.45, 2.75) is 39.2 Å². The summed E-state index contributed by atoms with van der Waals surface area (Å²) in [7, 11) is 0. The maximum Gasteiger partial charge on any atom is 0.325 e. The van der Waals surface area contributed by atoms with Gasteiger partial charge in [-0.1, -0.05) is 20.8 Å². The van der Waals surface area contributed by atoms with Gasteiger partial charge in [0, 0.05) is 6.54 Å². The van der Waals surface area contributed by atoms with Crippen LogP contribution < -0.4 is 5.32 Å². The first-order chi connectivity index (χ1) is 7.60. The number of carbonyl (C=O) groups is 1. The Morgan fingerprint density at radius 2 is 1.94 bits per heavy atom. The van der Waals surface area contributed by atoms with E-state index in [4.69, 9.17) is 0 Å². The Morgan fingerprint density at radius 1 is 1.38 bits per heavy atom. The third kappa shape index (κ3) is 2.74. The largest absolute Gasteiger partial charge is 0.480 e. The molecule has 0 aliphatic heterocycles. The fraction of sp³-hybridized carbons (Fsp3) is 0.917. The molecule has 1 atom stereocenters. The fourth-order valence-electron chi connectivity index (χ4n) is 2.34. The van der Waals surface area contributed by atoms with Crippen LogP contribution in [0.15, 0.2) is 0 Å². The van der Waals surface area contributed by atoms with Crippen molar-refractivity contribution < 1.29 is 9.90 Å². The summed E-state index contributed by atoms with van der Waals surface area (Å²) in [6.07, 6.45) is 2.08. The molecule has 1 rings (SSSR count). The van der Waals surface area contributed by atoms with Crippen molar-refractivity contribution >= 4 is 5.97 Å². The molecule has 16 heavy (non-hydrogen) atoms. The molecule has 1 aliphatic rings. The van der Waals surface area contributed by atoms with E-state index in [0.717, 1.165) is 25.9 Å². The van der Waals surface area contributed by atoms with Crippen molar-refractivity contribution in [3.63, 3.8) is 0 Å². The summed E-state index contributed by atoms with van der Waals surface area (Å²) >= 11 is 0. The third-order valence-electron chi connectivity index (χ3n) is 3.52. The van der Waals surface area contributed by atoms with Crippen molar-refractivity contribution in [1.29, 1.82) is 0 Å². The minimum Gasteiger partial charge on any atom is -0.480 e. The normalized spacial score (nSPS) is 19.8. The predicted molar refractivity (Wildman–Crippen MR) is 64.6 cm³/mol. The number of rotatable bonds is 8. The molecule has 0 aromatic heterocycles. The van der Waals surface area contributed by atoms with Crippen LogP contribution in [0, 0.1) is 5.92 Å². The van der Waals surface area contributed by atoms with E-state index in [0.29, 0.717) is 19.0 Å². The standard InChI is InChI=1S/C12H24N2O2/c1-4-13-12(11(15)16,10-7-8-10)9-14(5-2)6-3/h10,13H,4-9H2,1-3H3,(H,15,16). The van der Waals surface area contributed by atoms with Crippen LogP contribution in [-0.2, 0) is 4.79 Å². The molecule has 0 heterocycles. The average molecular weight is 228 g/mol. The van der Waals surface area contributed by atoms with Crippen LogP contribution in [0.25, 0.3) is 0 Å². The molecule has 4 nitrogen and oxygen atoms in total. The molecule has 1 fully saturated rings. The van der Waals surface area contributed by atoms with Gasteiger partial charge in [-0.25, -0.2) is 0 Å². The molecule has 0 aromatic rings. The minimum absolute atomic E-state index is 0.311. The van der Waals surface area contributed by atoms with Gasteiger partial charge in [-0.3, -0.25) is 4.79 Å². The van der Waals surface area contributed by atoms with Crippen LogP contribution in [0.3, 0.4) is 0 Å². The quantitative estimate of drug-likeness (QED) is 0.655. The van der Waals surface area contributed by atoms with Crippen molar-refractivity contribution in [3.8, 4) is 0 Å². The Morgan fingerprint density at radius 3 is 2.25 bits per heavy atom. The van der Waals surface area contributed by atoms with E-state index in [-0.39, 0.29) is 0 Å². The minimum atomic E-state index is -0.721. The smallest absolute Gasteiger partial charge is 0.325 e. The van der Waals surface area contributed by atoms with Crippen LogP contribution in [0.1, 0.15) is 33.6 Å². The number of nitrogens with one attached hydrogen (secondary N) is 1.